The Morgan fingerprint density at radius 2 is 2.26 bits per heavy atom. The Balaban J connectivity index is 2.15. The van der Waals surface area contributed by atoms with Crippen LogP contribution in [-0.2, 0) is 19.1 Å². The summed E-state index contributed by atoms with van der Waals surface area (Å²) < 4.78 is 10.3. The first kappa shape index (κ1) is 15.6. The second-order valence-corrected chi connectivity index (χ2v) is 5.78. The number of rotatable bonds is 3. The summed E-state index contributed by atoms with van der Waals surface area (Å²) in [7, 11) is 0. The molecule has 2 aliphatic heterocycles. The predicted molar refractivity (Wildman–Crippen MR) is 84.6 cm³/mol. The molecule has 2 heterocycles. The van der Waals surface area contributed by atoms with Gasteiger partial charge in [0.1, 0.15) is 6.61 Å². The fourth-order valence-corrected chi connectivity index (χ4v) is 3.16. The average Bonchev–Trinajstić information content (AvgIpc) is 2.87. The molecule has 0 spiro atoms. The van der Waals surface area contributed by atoms with Gasteiger partial charge in [0.25, 0.3) is 0 Å². The number of nitrogens with one attached hydrogen (secondary N) is 1. The van der Waals surface area contributed by atoms with E-state index in [-0.39, 0.29) is 13.2 Å². The molecule has 0 radical (unpaired) electrons. The van der Waals surface area contributed by atoms with Crippen LogP contribution < -0.4 is 5.32 Å². The van der Waals surface area contributed by atoms with Gasteiger partial charge in [0.05, 0.1) is 29.4 Å². The van der Waals surface area contributed by atoms with Crippen molar-refractivity contribution in [2.75, 3.05) is 13.2 Å². The molecule has 1 aromatic carbocycles. The maximum absolute atomic E-state index is 12.4. The lowest BCUT2D eigenvalue weighted by Crippen LogP contribution is -2.30. The fourth-order valence-electron chi connectivity index (χ4n) is 2.97. The van der Waals surface area contributed by atoms with E-state index >= 15 is 0 Å². The number of dihydropyridines is 1. The maximum Gasteiger partial charge on any atom is 0.337 e. The minimum Gasteiger partial charge on any atom is -0.463 e. The van der Waals surface area contributed by atoms with Gasteiger partial charge in [-0.15, -0.1) is 0 Å². The molecular formula is C17H16ClNO4. The first-order chi connectivity index (χ1) is 11.0. The van der Waals surface area contributed by atoms with Crippen LogP contribution in [0.15, 0.2) is 46.8 Å². The number of cyclic esters (lactones) is 1. The number of esters is 2. The van der Waals surface area contributed by atoms with Crippen LogP contribution in [0.4, 0.5) is 0 Å². The Bertz CT molecular complexity index is 751. The van der Waals surface area contributed by atoms with Crippen molar-refractivity contribution in [3.05, 3.63) is 57.4 Å². The van der Waals surface area contributed by atoms with Crippen molar-refractivity contribution in [2.45, 2.75) is 19.8 Å². The molecule has 0 fully saturated rings. The molecule has 1 unspecified atom stereocenters. The molecule has 0 aromatic heterocycles. The molecule has 1 aromatic rings. The van der Waals surface area contributed by atoms with Gasteiger partial charge in [-0.25, -0.2) is 9.59 Å². The second-order valence-electron chi connectivity index (χ2n) is 5.34. The zero-order valence-corrected chi connectivity index (χ0v) is 13.6. The summed E-state index contributed by atoms with van der Waals surface area (Å²) in [5.41, 5.74) is 2.95. The van der Waals surface area contributed by atoms with E-state index in [1.807, 2.05) is 6.07 Å². The van der Waals surface area contributed by atoms with Gasteiger partial charge in [-0.3, -0.25) is 0 Å². The first-order valence-corrected chi connectivity index (χ1v) is 7.71. The van der Waals surface area contributed by atoms with Crippen molar-refractivity contribution in [3.63, 3.8) is 0 Å². The average molecular weight is 334 g/mol. The van der Waals surface area contributed by atoms with Crippen LogP contribution in [0, 0.1) is 0 Å². The highest BCUT2D eigenvalue weighted by Crippen LogP contribution is 2.41. The molecule has 0 saturated heterocycles. The maximum atomic E-state index is 12.4. The lowest BCUT2D eigenvalue weighted by atomic mass is 9.81. The van der Waals surface area contributed by atoms with E-state index in [0.717, 1.165) is 5.56 Å². The van der Waals surface area contributed by atoms with Gasteiger partial charge in [-0.1, -0.05) is 23.7 Å². The molecule has 0 saturated carbocycles. The van der Waals surface area contributed by atoms with Gasteiger partial charge >= 0.3 is 11.9 Å². The van der Waals surface area contributed by atoms with Gasteiger partial charge < -0.3 is 14.8 Å². The zero-order valence-electron chi connectivity index (χ0n) is 12.8. The Kier molecular flexibility index (Phi) is 4.13. The van der Waals surface area contributed by atoms with Crippen molar-refractivity contribution >= 4 is 23.5 Å². The molecule has 1 atom stereocenters. The molecule has 3 rings (SSSR count). The van der Waals surface area contributed by atoms with Crippen LogP contribution in [-0.4, -0.2) is 25.2 Å². The highest BCUT2D eigenvalue weighted by molar-refractivity contribution is 6.30. The third-order valence-electron chi connectivity index (χ3n) is 3.89. The standard InChI is InChI=1S/C17H16ClNO4/c1-3-22-16(20)13-9(2)19-12-8-23-17(21)15(12)14(13)10-5-4-6-11(18)7-10/h4-7,14,19H,3,8H2,1-2H3. The second kappa shape index (κ2) is 6.08. The molecule has 5 nitrogen and oxygen atoms in total. The van der Waals surface area contributed by atoms with Crippen LogP contribution in [0.3, 0.4) is 0 Å². The number of carbonyl (C=O) groups is 2. The summed E-state index contributed by atoms with van der Waals surface area (Å²) in [5, 5.41) is 3.63. The highest BCUT2D eigenvalue weighted by Gasteiger charge is 2.41. The number of hydrogen-bond acceptors (Lipinski definition) is 5. The van der Waals surface area contributed by atoms with Crippen LogP contribution in [0.2, 0.25) is 5.02 Å². The fraction of sp³-hybridized carbons (Fsp3) is 0.294. The summed E-state index contributed by atoms with van der Waals surface area (Å²) in [6.45, 7) is 3.97. The Hall–Kier alpha value is -2.27. The normalized spacial score (nSPS) is 20.1. The van der Waals surface area contributed by atoms with Crippen molar-refractivity contribution < 1.29 is 19.1 Å². The van der Waals surface area contributed by atoms with E-state index in [9.17, 15) is 9.59 Å². The SMILES string of the molecule is CCOC(=O)C1=C(C)NC2=C(C(=O)OC2)C1c1cccc(Cl)c1. The van der Waals surface area contributed by atoms with E-state index in [2.05, 4.69) is 5.32 Å². The van der Waals surface area contributed by atoms with Crippen LogP contribution in [0.1, 0.15) is 25.3 Å². The third-order valence-corrected chi connectivity index (χ3v) is 4.12. The highest BCUT2D eigenvalue weighted by atomic mass is 35.5. The van der Waals surface area contributed by atoms with Gasteiger partial charge in [-0.2, -0.15) is 0 Å². The number of hydrogen-bond donors (Lipinski definition) is 1. The van der Waals surface area contributed by atoms with Crippen LogP contribution in [0.25, 0.3) is 0 Å². The minimum atomic E-state index is -0.543. The molecule has 0 bridgehead atoms. The Labute approximate surface area is 138 Å². The predicted octanol–water partition coefficient (Wildman–Crippen LogP) is 2.67. The molecule has 0 aliphatic carbocycles. The number of halogens is 1. The largest absolute Gasteiger partial charge is 0.463 e. The quantitative estimate of drug-likeness (QED) is 0.862. The molecule has 120 valence electrons. The zero-order chi connectivity index (χ0) is 16.6. The van der Waals surface area contributed by atoms with Crippen molar-refractivity contribution in [1.82, 2.24) is 5.32 Å². The van der Waals surface area contributed by atoms with Crippen molar-refractivity contribution in [3.8, 4) is 0 Å². The summed E-state index contributed by atoms with van der Waals surface area (Å²) in [6, 6.07) is 7.12. The number of allylic oxidation sites excluding steroid dienone is 1. The van der Waals surface area contributed by atoms with E-state index in [1.54, 1.807) is 32.0 Å². The third kappa shape index (κ3) is 2.72. The Morgan fingerprint density at radius 3 is 2.96 bits per heavy atom. The van der Waals surface area contributed by atoms with Gasteiger partial charge in [0, 0.05) is 10.7 Å². The summed E-state index contributed by atoms with van der Waals surface area (Å²) in [4.78, 5) is 24.6. The molecule has 6 heteroatoms. The van der Waals surface area contributed by atoms with Crippen LogP contribution >= 0.6 is 11.6 Å². The van der Waals surface area contributed by atoms with E-state index in [1.165, 1.54) is 0 Å². The number of ether oxygens (including phenoxy) is 2. The summed E-state index contributed by atoms with van der Waals surface area (Å²) in [6.07, 6.45) is 0. The topological polar surface area (TPSA) is 64.6 Å². The van der Waals surface area contributed by atoms with Crippen molar-refractivity contribution in [2.24, 2.45) is 0 Å². The first-order valence-electron chi connectivity index (χ1n) is 7.33. The molecule has 23 heavy (non-hydrogen) atoms. The number of carbonyl (C=O) groups excluding carboxylic acids is 2. The lowest BCUT2D eigenvalue weighted by Gasteiger charge is -2.27. The monoisotopic (exact) mass is 333 g/mol. The molecule has 0 amide bonds. The van der Waals surface area contributed by atoms with Crippen LogP contribution in [0.5, 0.6) is 0 Å². The van der Waals surface area contributed by atoms with E-state index in [0.29, 0.717) is 27.6 Å². The van der Waals surface area contributed by atoms with E-state index < -0.39 is 17.9 Å². The Morgan fingerprint density at radius 1 is 1.48 bits per heavy atom. The van der Waals surface area contributed by atoms with Gasteiger partial charge in [-0.05, 0) is 31.5 Å². The molecule has 2 aliphatic rings. The smallest absolute Gasteiger partial charge is 0.337 e. The molecule has 1 N–H and O–H groups in total. The van der Waals surface area contributed by atoms with E-state index in [4.69, 9.17) is 21.1 Å². The lowest BCUT2D eigenvalue weighted by molar-refractivity contribution is -0.138. The number of benzene rings is 1. The van der Waals surface area contributed by atoms with Gasteiger partial charge in [0.15, 0.2) is 0 Å². The van der Waals surface area contributed by atoms with Gasteiger partial charge in [0.2, 0.25) is 0 Å². The molecular weight excluding hydrogens is 318 g/mol. The van der Waals surface area contributed by atoms with Crippen molar-refractivity contribution in [1.29, 1.82) is 0 Å². The summed E-state index contributed by atoms with van der Waals surface area (Å²) >= 11 is 6.09. The minimum absolute atomic E-state index is 0.179. The summed E-state index contributed by atoms with van der Waals surface area (Å²) in [5.74, 6) is -1.42.